The molecule has 0 aliphatic heterocycles. The van der Waals surface area contributed by atoms with E-state index >= 15 is 0 Å². The van der Waals surface area contributed by atoms with Crippen molar-refractivity contribution in [1.82, 2.24) is 9.78 Å². The van der Waals surface area contributed by atoms with Crippen molar-refractivity contribution in [2.24, 2.45) is 0 Å². The van der Waals surface area contributed by atoms with Gasteiger partial charge in [0.2, 0.25) is 0 Å². The Morgan fingerprint density at radius 3 is 2.33 bits per heavy atom. The molecule has 5 aromatic rings. The number of aromatic nitrogens is 2. The van der Waals surface area contributed by atoms with Gasteiger partial charge in [0, 0.05) is 11.3 Å². The van der Waals surface area contributed by atoms with Crippen LogP contribution in [0.5, 0.6) is 0 Å². The van der Waals surface area contributed by atoms with Crippen LogP contribution in [-0.4, -0.2) is 15.7 Å². The molecule has 0 bridgehead atoms. The number of rotatable bonds is 4. The fraction of sp³-hybridized carbons (Fsp3) is 0.103. The van der Waals surface area contributed by atoms with Crippen LogP contribution in [0.3, 0.4) is 0 Å². The maximum atomic E-state index is 13.2. The Balaban J connectivity index is 1.62. The third kappa shape index (κ3) is 4.03. The van der Waals surface area contributed by atoms with Crippen molar-refractivity contribution in [3.63, 3.8) is 0 Å². The molecule has 0 aliphatic rings. The van der Waals surface area contributed by atoms with Gasteiger partial charge in [0.05, 0.1) is 11.4 Å². The van der Waals surface area contributed by atoms with Crippen molar-refractivity contribution in [2.75, 3.05) is 5.32 Å². The smallest absolute Gasteiger partial charge is 0.276 e. The van der Waals surface area contributed by atoms with Crippen LogP contribution in [0.15, 0.2) is 91.0 Å². The molecule has 33 heavy (non-hydrogen) atoms. The molecular formula is C29H25N3O. The predicted octanol–water partition coefficient (Wildman–Crippen LogP) is 6.87. The highest BCUT2D eigenvalue weighted by molar-refractivity contribution is 6.04. The number of carbonyl (C=O) groups excluding carboxylic acids is 1. The third-order valence-electron chi connectivity index (χ3n) is 6.05. The second-order valence-corrected chi connectivity index (χ2v) is 8.44. The molecule has 1 N–H and O–H groups in total. The zero-order valence-corrected chi connectivity index (χ0v) is 19.0. The molecule has 4 heteroatoms. The molecule has 162 valence electrons. The van der Waals surface area contributed by atoms with Gasteiger partial charge in [-0.25, -0.2) is 4.68 Å². The minimum Gasteiger partial charge on any atom is -0.321 e. The lowest BCUT2D eigenvalue weighted by molar-refractivity contribution is 0.102. The first-order valence-electron chi connectivity index (χ1n) is 11.0. The molecule has 4 aromatic carbocycles. The molecule has 1 heterocycles. The van der Waals surface area contributed by atoms with Gasteiger partial charge in [-0.15, -0.1) is 0 Å². The van der Waals surface area contributed by atoms with Gasteiger partial charge in [-0.3, -0.25) is 4.79 Å². The first-order chi connectivity index (χ1) is 16.0. The second kappa shape index (κ2) is 8.40. The number of amides is 1. The van der Waals surface area contributed by atoms with Crippen LogP contribution in [-0.2, 0) is 0 Å². The van der Waals surface area contributed by atoms with E-state index in [9.17, 15) is 4.79 Å². The summed E-state index contributed by atoms with van der Waals surface area (Å²) in [6.07, 6.45) is 0. The summed E-state index contributed by atoms with van der Waals surface area (Å²) in [5, 5.41) is 10.0. The van der Waals surface area contributed by atoms with Crippen molar-refractivity contribution in [3.05, 3.63) is 113 Å². The summed E-state index contributed by atoms with van der Waals surface area (Å²) in [5.41, 5.74) is 7.45. The molecule has 4 nitrogen and oxygen atoms in total. The number of benzene rings is 4. The van der Waals surface area contributed by atoms with E-state index in [0.29, 0.717) is 5.69 Å². The van der Waals surface area contributed by atoms with E-state index in [-0.39, 0.29) is 5.91 Å². The SMILES string of the molecule is Cc1ccc(-n2nc(C(=O)Nc3ccc(C)c(C)c3)cc2-c2cccc3ccccc23)cc1. The van der Waals surface area contributed by atoms with E-state index < -0.39 is 0 Å². The van der Waals surface area contributed by atoms with E-state index in [1.165, 1.54) is 11.1 Å². The zero-order chi connectivity index (χ0) is 22.9. The van der Waals surface area contributed by atoms with Gasteiger partial charge < -0.3 is 5.32 Å². The van der Waals surface area contributed by atoms with Gasteiger partial charge in [-0.2, -0.15) is 5.10 Å². The maximum absolute atomic E-state index is 13.2. The topological polar surface area (TPSA) is 46.9 Å². The van der Waals surface area contributed by atoms with Gasteiger partial charge in [-0.05, 0) is 73.0 Å². The molecular weight excluding hydrogens is 406 g/mol. The Morgan fingerprint density at radius 1 is 0.788 bits per heavy atom. The summed E-state index contributed by atoms with van der Waals surface area (Å²) in [5.74, 6) is -0.231. The highest BCUT2D eigenvalue weighted by Crippen LogP contribution is 2.31. The molecule has 0 spiro atoms. The normalized spacial score (nSPS) is 11.0. The molecule has 1 aromatic heterocycles. The lowest BCUT2D eigenvalue weighted by Gasteiger charge is -2.10. The zero-order valence-electron chi connectivity index (χ0n) is 19.0. The number of hydrogen-bond donors (Lipinski definition) is 1. The number of nitrogens with zero attached hydrogens (tertiary/aromatic N) is 2. The number of hydrogen-bond acceptors (Lipinski definition) is 2. The molecule has 0 atom stereocenters. The summed E-state index contributed by atoms with van der Waals surface area (Å²) in [6.45, 7) is 6.15. The fourth-order valence-corrected chi connectivity index (χ4v) is 4.03. The van der Waals surface area contributed by atoms with Gasteiger partial charge in [0.1, 0.15) is 0 Å². The van der Waals surface area contributed by atoms with E-state index in [0.717, 1.165) is 39.0 Å². The first-order valence-corrected chi connectivity index (χ1v) is 11.0. The second-order valence-electron chi connectivity index (χ2n) is 8.44. The summed E-state index contributed by atoms with van der Waals surface area (Å²) in [4.78, 5) is 13.2. The van der Waals surface area contributed by atoms with Crippen LogP contribution in [0.4, 0.5) is 5.69 Å². The molecule has 1 amide bonds. The maximum Gasteiger partial charge on any atom is 0.276 e. The molecule has 5 rings (SSSR count). The lowest BCUT2D eigenvalue weighted by Crippen LogP contribution is -2.13. The lowest BCUT2D eigenvalue weighted by atomic mass is 10.0. The fourth-order valence-electron chi connectivity index (χ4n) is 4.03. The van der Waals surface area contributed by atoms with Crippen LogP contribution in [0, 0.1) is 20.8 Å². The summed E-state index contributed by atoms with van der Waals surface area (Å²) in [6, 6.07) is 30.4. The molecule has 0 aliphatic carbocycles. The van der Waals surface area contributed by atoms with E-state index in [1.807, 2.05) is 66.2 Å². The minimum atomic E-state index is -0.231. The van der Waals surface area contributed by atoms with Crippen LogP contribution < -0.4 is 5.32 Å². The Bertz CT molecular complexity index is 1470. The number of anilines is 1. The van der Waals surface area contributed by atoms with Gasteiger partial charge in [0.15, 0.2) is 5.69 Å². The van der Waals surface area contributed by atoms with Crippen molar-refractivity contribution < 1.29 is 4.79 Å². The van der Waals surface area contributed by atoms with Crippen LogP contribution >= 0.6 is 0 Å². The Hall–Kier alpha value is -4.18. The van der Waals surface area contributed by atoms with Crippen LogP contribution in [0.2, 0.25) is 0 Å². The average Bonchev–Trinajstić information content (AvgIpc) is 3.27. The standard InChI is InChI=1S/C29H25N3O/c1-19-11-15-24(16-12-19)32-28(26-10-6-8-22-7-4-5-9-25(22)26)18-27(31-32)29(33)30-23-14-13-20(2)21(3)17-23/h4-18H,1-3H3,(H,30,33). The first kappa shape index (κ1) is 20.7. The molecule has 0 fully saturated rings. The monoisotopic (exact) mass is 431 g/mol. The van der Waals surface area contributed by atoms with E-state index in [1.54, 1.807) is 0 Å². The predicted molar refractivity (Wildman–Crippen MR) is 135 cm³/mol. The summed E-state index contributed by atoms with van der Waals surface area (Å²) >= 11 is 0. The van der Waals surface area contributed by atoms with Crippen molar-refractivity contribution in [3.8, 4) is 16.9 Å². The Kier molecular flexibility index (Phi) is 5.27. The highest BCUT2D eigenvalue weighted by atomic mass is 16.1. The van der Waals surface area contributed by atoms with Gasteiger partial charge in [-0.1, -0.05) is 66.2 Å². The van der Waals surface area contributed by atoms with Gasteiger partial charge in [0.25, 0.3) is 5.91 Å². The van der Waals surface area contributed by atoms with Crippen LogP contribution in [0.1, 0.15) is 27.2 Å². The van der Waals surface area contributed by atoms with Crippen molar-refractivity contribution >= 4 is 22.4 Å². The van der Waals surface area contributed by atoms with Crippen molar-refractivity contribution in [1.29, 1.82) is 0 Å². The van der Waals surface area contributed by atoms with Crippen LogP contribution in [0.25, 0.3) is 27.7 Å². The highest BCUT2D eigenvalue weighted by Gasteiger charge is 2.18. The van der Waals surface area contributed by atoms with E-state index in [4.69, 9.17) is 5.10 Å². The van der Waals surface area contributed by atoms with Crippen molar-refractivity contribution in [2.45, 2.75) is 20.8 Å². The molecule has 0 unspecified atom stereocenters. The number of nitrogens with one attached hydrogen (secondary N) is 1. The minimum absolute atomic E-state index is 0.231. The molecule has 0 radical (unpaired) electrons. The average molecular weight is 432 g/mol. The molecule has 0 saturated carbocycles. The Labute approximate surface area is 193 Å². The van der Waals surface area contributed by atoms with Gasteiger partial charge >= 0.3 is 0 Å². The largest absolute Gasteiger partial charge is 0.321 e. The summed E-state index contributed by atoms with van der Waals surface area (Å²) in [7, 11) is 0. The number of carbonyl (C=O) groups is 1. The molecule has 0 saturated heterocycles. The Morgan fingerprint density at radius 2 is 1.55 bits per heavy atom. The number of fused-ring (bicyclic) bond motifs is 1. The third-order valence-corrected chi connectivity index (χ3v) is 6.05. The van der Waals surface area contributed by atoms with E-state index in [2.05, 4.69) is 55.6 Å². The summed E-state index contributed by atoms with van der Waals surface area (Å²) < 4.78 is 1.86. The number of aryl methyl sites for hydroxylation is 3. The quantitative estimate of drug-likeness (QED) is 0.337.